The van der Waals surface area contributed by atoms with Crippen LogP contribution in [-0.2, 0) is 21.3 Å². The number of ether oxygens (including phenoxy) is 1. The molecule has 0 bridgehead atoms. The fourth-order valence-electron chi connectivity index (χ4n) is 2.87. The summed E-state index contributed by atoms with van der Waals surface area (Å²) in [4.78, 5) is 14.7. The van der Waals surface area contributed by atoms with Crippen LogP contribution in [0.2, 0.25) is 0 Å². The molecule has 1 amide bonds. The molecule has 3 rings (SSSR count). The average Bonchev–Trinajstić information content (AvgIpc) is 3.52. The molecule has 1 N–H and O–H groups in total. The molecule has 6 nitrogen and oxygen atoms in total. The van der Waals surface area contributed by atoms with Gasteiger partial charge in [0.1, 0.15) is 5.82 Å². The van der Waals surface area contributed by atoms with Crippen LogP contribution in [0.1, 0.15) is 28.8 Å². The summed E-state index contributed by atoms with van der Waals surface area (Å²) < 4.78 is 45.7. The number of benzene rings is 2. The number of carbonyl (C=O) groups is 1. The van der Waals surface area contributed by atoms with Crippen molar-refractivity contribution in [2.45, 2.75) is 30.3 Å². The zero-order valence-corrected chi connectivity index (χ0v) is 16.4. The molecule has 0 unspecified atom stereocenters. The Balaban J connectivity index is 1.74. The third-order valence-corrected chi connectivity index (χ3v) is 6.03. The minimum absolute atomic E-state index is 0.0761. The first-order chi connectivity index (χ1) is 13.4. The number of carbonyl (C=O) groups excluding carboxylic acids is 1. The van der Waals surface area contributed by atoms with E-state index in [1.165, 1.54) is 37.4 Å². The van der Waals surface area contributed by atoms with Crippen LogP contribution in [-0.4, -0.2) is 45.5 Å². The first kappa shape index (κ1) is 20.4. The molecule has 1 aliphatic rings. The predicted octanol–water partition coefficient (Wildman–Crippen LogP) is 2.56. The molecule has 0 spiro atoms. The summed E-state index contributed by atoms with van der Waals surface area (Å²) in [7, 11) is -2.17. The number of hydrogen-bond acceptors (Lipinski definition) is 4. The second kappa shape index (κ2) is 8.81. The maximum atomic E-state index is 14.0. The fourth-order valence-corrected chi connectivity index (χ4v) is 3.88. The van der Waals surface area contributed by atoms with Crippen molar-refractivity contribution in [1.29, 1.82) is 0 Å². The van der Waals surface area contributed by atoms with Crippen LogP contribution < -0.4 is 4.72 Å². The molecule has 0 atom stereocenters. The highest BCUT2D eigenvalue weighted by Gasteiger charge is 2.33. The van der Waals surface area contributed by atoms with Gasteiger partial charge >= 0.3 is 0 Å². The normalized spacial score (nSPS) is 14.1. The van der Waals surface area contributed by atoms with Gasteiger partial charge in [-0.1, -0.05) is 18.2 Å². The summed E-state index contributed by atoms with van der Waals surface area (Å²) in [6.45, 7) is 0.620. The van der Waals surface area contributed by atoms with Gasteiger partial charge < -0.3 is 9.64 Å². The molecule has 0 aromatic heterocycles. The molecule has 0 saturated heterocycles. The lowest BCUT2D eigenvalue weighted by molar-refractivity contribution is 0.0728. The Morgan fingerprint density at radius 1 is 1.18 bits per heavy atom. The van der Waals surface area contributed by atoms with Crippen LogP contribution in [0.5, 0.6) is 0 Å². The summed E-state index contributed by atoms with van der Waals surface area (Å²) >= 11 is 0. The third kappa shape index (κ3) is 4.95. The van der Waals surface area contributed by atoms with Crippen molar-refractivity contribution in [2.75, 3.05) is 20.3 Å². The molecule has 28 heavy (non-hydrogen) atoms. The van der Waals surface area contributed by atoms with E-state index < -0.39 is 10.0 Å². The largest absolute Gasteiger partial charge is 0.383 e. The van der Waals surface area contributed by atoms with Crippen molar-refractivity contribution in [1.82, 2.24) is 9.62 Å². The molecule has 8 heteroatoms. The van der Waals surface area contributed by atoms with E-state index in [9.17, 15) is 17.6 Å². The van der Waals surface area contributed by atoms with E-state index in [0.29, 0.717) is 11.1 Å². The number of nitrogens with zero attached hydrogens (tertiary/aromatic N) is 1. The van der Waals surface area contributed by atoms with Crippen LogP contribution in [0.15, 0.2) is 53.4 Å². The molecular weight excluding hydrogens is 383 g/mol. The maximum absolute atomic E-state index is 14.0. The molecule has 0 radical (unpaired) electrons. The summed E-state index contributed by atoms with van der Waals surface area (Å²) in [6, 6.07) is 12.3. The predicted molar refractivity (Wildman–Crippen MR) is 103 cm³/mol. The van der Waals surface area contributed by atoms with Gasteiger partial charge in [0, 0.05) is 37.4 Å². The lowest BCUT2D eigenvalue weighted by atomic mass is 10.1. The topological polar surface area (TPSA) is 75.7 Å². The molecular formula is C20H23FN2O4S. The molecule has 2 aromatic rings. The van der Waals surface area contributed by atoms with E-state index in [-0.39, 0.29) is 42.4 Å². The van der Waals surface area contributed by atoms with Gasteiger partial charge in [0.05, 0.1) is 11.5 Å². The maximum Gasteiger partial charge on any atom is 0.254 e. The van der Waals surface area contributed by atoms with E-state index in [4.69, 9.17) is 4.74 Å². The van der Waals surface area contributed by atoms with E-state index in [0.717, 1.165) is 12.8 Å². The zero-order chi connectivity index (χ0) is 20.1. The number of hydrogen-bond donors (Lipinski definition) is 1. The Morgan fingerprint density at radius 3 is 2.46 bits per heavy atom. The molecule has 2 aromatic carbocycles. The quantitative estimate of drug-likeness (QED) is 0.650. The smallest absolute Gasteiger partial charge is 0.254 e. The Kier molecular flexibility index (Phi) is 6.43. The third-order valence-electron chi connectivity index (χ3n) is 4.56. The van der Waals surface area contributed by atoms with Crippen molar-refractivity contribution in [3.63, 3.8) is 0 Å². The zero-order valence-electron chi connectivity index (χ0n) is 15.6. The van der Waals surface area contributed by atoms with Crippen LogP contribution >= 0.6 is 0 Å². The second-order valence-corrected chi connectivity index (χ2v) is 8.44. The van der Waals surface area contributed by atoms with Gasteiger partial charge in [0.15, 0.2) is 0 Å². The first-order valence-corrected chi connectivity index (χ1v) is 10.5. The highest BCUT2D eigenvalue weighted by molar-refractivity contribution is 7.89. The molecule has 0 heterocycles. The van der Waals surface area contributed by atoms with E-state index >= 15 is 0 Å². The van der Waals surface area contributed by atoms with Gasteiger partial charge in [-0.3, -0.25) is 4.79 Å². The number of sulfonamides is 1. The van der Waals surface area contributed by atoms with Gasteiger partial charge in [-0.05, 0) is 43.2 Å². The van der Waals surface area contributed by atoms with Crippen molar-refractivity contribution in [2.24, 2.45) is 0 Å². The number of halogens is 1. The lowest BCUT2D eigenvalue weighted by Crippen LogP contribution is -2.33. The Labute approximate surface area is 164 Å². The van der Waals surface area contributed by atoms with E-state index in [1.807, 2.05) is 0 Å². The highest BCUT2D eigenvalue weighted by Crippen LogP contribution is 2.30. The highest BCUT2D eigenvalue weighted by atomic mass is 32.2. The Bertz CT molecular complexity index is 927. The van der Waals surface area contributed by atoms with Crippen LogP contribution in [0, 0.1) is 5.82 Å². The van der Waals surface area contributed by atoms with Crippen molar-refractivity contribution in [3.05, 3.63) is 65.5 Å². The average molecular weight is 406 g/mol. The monoisotopic (exact) mass is 406 g/mol. The van der Waals surface area contributed by atoms with E-state index in [1.54, 1.807) is 23.1 Å². The molecule has 1 fully saturated rings. The molecule has 1 saturated carbocycles. The standard InChI is InChI=1S/C20H23FN2O4S/c1-27-13-12-22-28(25,26)18-10-6-15(7-11-18)20(24)23(17-8-9-17)14-16-4-2-3-5-19(16)21/h2-7,10-11,17,22H,8-9,12-14H2,1H3. The second-order valence-electron chi connectivity index (χ2n) is 6.67. The lowest BCUT2D eigenvalue weighted by Gasteiger charge is -2.23. The summed E-state index contributed by atoms with van der Waals surface area (Å²) in [5, 5.41) is 0. The van der Waals surface area contributed by atoms with Gasteiger partial charge in [-0.2, -0.15) is 0 Å². The van der Waals surface area contributed by atoms with Gasteiger partial charge in [0.25, 0.3) is 5.91 Å². The molecule has 1 aliphatic carbocycles. The minimum atomic E-state index is -3.66. The summed E-state index contributed by atoms with van der Waals surface area (Å²) in [5.74, 6) is -0.577. The Morgan fingerprint density at radius 2 is 1.86 bits per heavy atom. The van der Waals surface area contributed by atoms with Gasteiger partial charge in [-0.15, -0.1) is 0 Å². The van der Waals surface area contributed by atoms with Crippen molar-refractivity contribution in [3.8, 4) is 0 Å². The van der Waals surface area contributed by atoms with Crippen molar-refractivity contribution < 1.29 is 22.3 Å². The van der Waals surface area contributed by atoms with Crippen LogP contribution in [0.25, 0.3) is 0 Å². The van der Waals surface area contributed by atoms with Crippen LogP contribution in [0.3, 0.4) is 0 Å². The summed E-state index contributed by atoms with van der Waals surface area (Å²) in [5.41, 5.74) is 0.836. The summed E-state index contributed by atoms with van der Waals surface area (Å²) in [6.07, 6.45) is 1.77. The SMILES string of the molecule is COCCNS(=O)(=O)c1ccc(C(=O)N(Cc2ccccc2F)C2CC2)cc1. The number of nitrogens with one attached hydrogen (secondary N) is 1. The van der Waals surface area contributed by atoms with Gasteiger partial charge in [-0.25, -0.2) is 17.5 Å². The minimum Gasteiger partial charge on any atom is -0.383 e. The number of methoxy groups -OCH3 is 1. The van der Waals surface area contributed by atoms with Crippen LogP contribution in [0.4, 0.5) is 4.39 Å². The fraction of sp³-hybridized carbons (Fsp3) is 0.350. The number of amides is 1. The Hall–Kier alpha value is -2.29. The van der Waals surface area contributed by atoms with Gasteiger partial charge in [0.2, 0.25) is 10.0 Å². The van der Waals surface area contributed by atoms with E-state index in [2.05, 4.69) is 4.72 Å². The molecule has 150 valence electrons. The molecule has 0 aliphatic heterocycles. The number of rotatable bonds is 9. The first-order valence-electron chi connectivity index (χ1n) is 9.05. The van der Waals surface area contributed by atoms with Crippen molar-refractivity contribution >= 4 is 15.9 Å².